The fraction of sp³-hybridized carbons (Fsp3) is 0.357. The van der Waals surface area contributed by atoms with Gasteiger partial charge in [-0.1, -0.05) is 39.0 Å². The number of nitrogens with two attached hydrogens (primary N) is 1. The molecule has 0 bridgehead atoms. The molecule has 0 aliphatic heterocycles. The molecular weight excluding hydrogens is 210 g/mol. The van der Waals surface area contributed by atoms with E-state index in [1.165, 1.54) is 5.56 Å². The fourth-order valence-electron chi connectivity index (χ4n) is 1.94. The third-order valence-electron chi connectivity index (χ3n) is 2.97. The van der Waals surface area contributed by atoms with Gasteiger partial charge in [-0.2, -0.15) is 5.10 Å². The van der Waals surface area contributed by atoms with E-state index in [9.17, 15) is 0 Å². The van der Waals surface area contributed by atoms with Crippen LogP contribution in [0.3, 0.4) is 0 Å². The van der Waals surface area contributed by atoms with E-state index in [4.69, 9.17) is 5.73 Å². The van der Waals surface area contributed by atoms with Crippen LogP contribution in [-0.4, -0.2) is 9.78 Å². The van der Waals surface area contributed by atoms with E-state index in [1.807, 2.05) is 11.7 Å². The lowest BCUT2D eigenvalue weighted by Crippen LogP contribution is -2.11. The van der Waals surface area contributed by atoms with Gasteiger partial charge in [0.2, 0.25) is 0 Å². The molecule has 0 saturated heterocycles. The highest BCUT2D eigenvalue weighted by Crippen LogP contribution is 2.29. The molecule has 0 fully saturated rings. The van der Waals surface area contributed by atoms with Crippen LogP contribution in [0.4, 0.5) is 5.69 Å². The summed E-state index contributed by atoms with van der Waals surface area (Å²) in [4.78, 5) is 0. The first kappa shape index (κ1) is 11.7. The van der Waals surface area contributed by atoms with Crippen molar-refractivity contribution in [3.63, 3.8) is 0 Å². The van der Waals surface area contributed by atoms with E-state index in [-0.39, 0.29) is 5.41 Å². The average Bonchev–Trinajstić information content (AvgIpc) is 2.57. The molecule has 1 aromatic heterocycles. The predicted octanol–water partition coefficient (Wildman–Crippen LogP) is 2.97. The van der Waals surface area contributed by atoms with E-state index in [2.05, 4.69) is 50.1 Å². The van der Waals surface area contributed by atoms with E-state index < -0.39 is 0 Å². The van der Waals surface area contributed by atoms with E-state index in [0.29, 0.717) is 0 Å². The number of hydrogen-bond donors (Lipinski definition) is 1. The largest absolute Gasteiger partial charge is 0.396 e. The molecule has 2 N–H and O–H groups in total. The average molecular weight is 229 g/mol. The maximum Gasteiger partial charge on any atom is 0.0908 e. The summed E-state index contributed by atoms with van der Waals surface area (Å²) in [5.74, 6) is 0. The summed E-state index contributed by atoms with van der Waals surface area (Å²) in [5, 5.41) is 4.18. The van der Waals surface area contributed by atoms with E-state index >= 15 is 0 Å². The van der Waals surface area contributed by atoms with Gasteiger partial charge in [-0.05, 0) is 17.0 Å². The van der Waals surface area contributed by atoms with Crippen molar-refractivity contribution >= 4 is 5.69 Å². The van der Waals surface area contributed by atoms with Crippen LogP contribution < -0.4 is 5.73 Å². The topological polar surface area (TPSA) is 43.8 Å². The van der Waals surface area contributed by atoms with Crippen LogP contribution >= 0.6 is 0 Å². The maximum atomic E-state index is 5.95. The number of anilines is 1. The summed E-state index contributed by atoms with van der Waals surface area (Å²) in [5.41, 5.74) is 10.2. The molecule has 0 unspecified atom stereocenters. The summed E-state index contributed by atoms with van der Waals surface area (Å²) >= 11 is 0. The number of nitrogen functional groups attached to an aromatic ring is 1. The van der Waals surface area contributed by atoms with Crippen molar-refractivity contribution in [1.29, 1.82) is 0 Å². The van der Waals surface area contributed by atoms with Gasteiger partial charge in [0.25, 0.3) is 0 Å². The van der Waals surface area contributed by atoms with Crippen molar-refractivity contribution < 1.29 is 0 Å². The van der Waals surface area contributed by atoms with E-state index in [1.54, 1.807) is 6.20 Å². The molecule has 0 radical (unpaired) electrons. The number of rotatable bonds is 1. The van der Waals surface area contributed by atoms with Gasteiger partial charge >= 0.3 is 0 Å². The first-order valence-electron chi connectivity index (χ1n) is 5.78. The van der Waals surface area contributed by atoms with Gasteiger partial charge in [0, 0.05) is 12.6 Å². The minimum atomic E-state index is 0.142. The Balaban J connectivity index is 2.55. The van der Waals surface area contributed by atoms with Crippen molar-refractivity contribution in [1.82, 2.24) is 9.78 Å². The smallest absolute Gasteiger partial charge is 0.0908 e. The van der Waals surface area contributed by atoms with Crippen LogP contribution in [0.2, 0.25) is 0 Å². The lowest BCUT2D eigenvalue weighted by molar-refractivity contribution is 0.590. The Hall–Kier alpha value is -1.77. The summed E-state index contributed by atoms with van der Waals surface area (Å²) in [6.07, 6.45) is 1.69. The normalized spacial score (nSPS) is 11.8. The van der Waals surface area contributed by atoms with Crippen LogP contribution in [0, 0.1) is 0 Å². The maximum absolute atomic E-state index is 5.95. The van der Waals surface area contributed by atoms with Crippen LogP contribution in [0.25, 0.3) is 11.3 Å². The van der Waals surface area contributed by atoms with Crippen molar-refractivity contribution in [3.05, 3.63) is 36.0 Å². The molecule has 0 amide bonds. The SMILES string of the molecule is Cn1ncc(N)c1-c1cccc(C(C)(C)C)c1. The van der Waals surface area contributed by atoms with Crippen LogP contribution in [-0.2, 0) is 12.5 Å². The first-order chi connectivity index (χ1) is 7.89. The molecule has 0 spiro atoms. The quantitative estimate of drug-likeness (QED) is 0.817. The molecule has 0 atom stereocenters. The Morgan fingerprint density at radius 3 is 2.47 bits per heavy atom. The minimum absolute atomic E-state index is 0.142. The van der Waals surface area contributed by atoms with Gasteiger partial charge in [-0.3, -0.25) is 4.68 Å². The van der Waals surface area contributed by atoms with Gasteiger partial charge in [-0.25, -0.2) is 0 Å². The standard InChI is InChI=1S/C14H19N3/c1-14(2,3)11-7-5-6-10(8-11)13-12(15)9-16-17(13)4/h5-9H,15H2,1-4H3. The van der Waals surface area contributed by atoms with Crippen LogP contribution in [0.5, 0.6) is 0 Å². The number of nitrogens with zero attached hydrogens (tertiary/aromatic N) is 2. The number of hydrogen-bond acceptors (Lipinski definition) is 2. The van der Waals surface area contributed by atoms with Crippen molar-refractivity contribution in [2.24, 2.45) is 7.05 Å². The molecule has 3 heteroatoms. The number of aryl methyl sites for hydroxylation is 1. The van der Waals surface area contributed by atoms with Gasteiger partial charge < -0.3 is 5.73 Å². The Kier molecular flexibility index (Phi) is 2.69. The zero-order valence-electron chi connectivity index (χ0n) is 10.9. The second kappa shape index (κ2) is 3.91. The number of aromatic nitrogens is 2. The molecule has 1 aromatic carbocycles. The monoisotopic (exact) mass is 229 g/mol. The molecule has 17 heavy (non-hydrogen) atoms. The molecular formula is C14H19N3. The van der Waals surface area contributed by atoms with Gasteiger partial charge in [-0.15, -0.1) is 0 Å². The Morgan fingerprint density at radius 1 is 1.24 bits per heavy atom. The molecule has 0 saturated carbocycles. The van der Waals surface area contributed by atoms with Gasteiger partial charge in [0.05, 0.1) is 17.6 Å². The van der Waals surface area contributed by atoms with Crippen LogP contribution in [0.1, 0.15) is 26.3 Å². The molecule has 2 aromatic rings. The summed E-state index contributed by atoms with van der Waals surface area (Å²) < 4.78 is 1.82. The lowest BCUT2D eigenvalue weighted by atomic mass is 9.86. The third kappa shape index (κ3) is 2.18. The molecule has 3 nitrogen and oxygen atoms in total. The lowest BCUT2D eigenvalue weighted by Gasteiger charge is -2.19. The van der Waals surface area contributed by atoms with Crippen molar-refractivity contribution in [2.75, 3.05) is 5.73 Å². The van der Waals surface area contributed by atoms with Crippen molar-refractivity contribution in [2.45, 2.75) is 26.2 Å². The second-order valence-electron chi connectivity index (χ2n) is 5.40. The third-order valence-corrected chi connectivity index (χ3v) is 2.97. The zero-order valence-corrected chi connectivity index (χ0v) is 10.9. The molecule has 90 valence electrons. The first-order valence-corrected chi connectivity index (χ1v) is 5.78. The minimum Gasteiger partial charge on any atom is -0.396 e. The van der Waals surface area contributed by atoms with Gasteiger partial charge in [0.15, 0.2) is 0 Å². The summed E-state index contributed by atoms with van der Waals surface area (Å²) in [6, 6.07) is 8.48. The Bertz CT molecular complexity index is 513. The van der Waals surface area contributed by atoms with E-state index in [0.717, 1.165) is 16.9 Å². The fourth-order valence-corrected chi connectivity index (χ4v) is 1.94. The molecule has 1 heterocycles. The highest BCUT2D eigenvalue weighted by molar-refractivity contribution is 5.73. The number of benzene rings is 1. The summed E-state index contributed by atoms with van der Waals surface area (Å²) in [7, 11) is 1.91. The second-order valence-corrected chi connectivity index (χ2v) is 5.40. The van der Waals surface area contributed by atoms with Gasteiger partial charge in [0.1, 0.15) is 0 Å². The zero-order chi connectivity index (χ0) is 12.6. The molecule has 0 aliphatic rings. The molecule has 2 rings (SSSR count). The summed E-state index contributed by atoms with van der Waals surface area (Å²) in [6.45, 7) is 6.62. The predicted molar refractivity (Wildman–Crippen MR) is 71.8 cm³/mol. The van der Waals surface area contributed by atoms with Crippen molar-refractivity contribution in [3.8, 4) is 11.3 Å². The molecule has 0 aliphatic carbocycles. The van der Waals surface area contributed by atoms with Crippen LogP contribution in [0.15, 0.2) is 30.5 Å². The highest BCUT2D eigenvalue weighted by atomic mass is 15.3. The highest BCUT2D eigenvalue weighted by Gasteiger charge is 2.15. The Morgan fingerprint density at radius 2 is 1.94 bits per heavy atom. The Labute approximate surface area is 102 Å².